The van der Waals surface area contributed by atoms with Crippen LogP contribution >= 0.6 is 0 Å². The van der Waals surface area contributed by atoms with Gasteiger partial charge in [0, 0.05) is 31.4 Å². The Labute approximate surface area is 152 Å². The lowest BCUT2D eigenvalue weighted by molar-refractivity contribution is 0.249. The Morgan fingerprint density at radius 3 is 2.77 bits per heavy atom. The fraction of sp³-hybridized carbons (Fsp3) is 0.316. The molecule has 0 saturated carbocycles. The van der Waals surface area contributed by atoms with Gasteiger partial charge in [-0.25, -0.2) is 24.9 Å². The normalized spacial score (nSPS) is 14.4. The number of anilines is 1. The Morgan fingerprint density at radius 2 is 1.88 bits per heavy atom. The van der Waals surface area contributed by atoms with E-state index in [0.717, 1.165) is 35.5 Å². The number of benzene rings is 1. The monoisotopic (exact) mass is 350 g/mol. The van der Waals surface area contributed by atoms with E-state index in [4.69, 9.17) is 0 Å². The predicted octanol–water partition coefficient (Wildman–Crippen LogP) is 2.87. The van der Waals surface area contributed by atoms with E-state index in [2.05, 4.69) is 25.6 Å². The van der Waals surface area contributed by atoms with Crippen molar-refractivity contribution in [3.63, 3.8) is 0 Å². The Kier molecular flexibility index (Phi) is 4.68. The number of carbonyl (C=O) groups is 1. The van der Waals surface area contributed by atoms with Crippen molar-refractivity contribution < 1.29 is 4.79 Å². The van der Waals surface area contributed by atoms with Gasteiger partial charge in [-0.05, 0) is 37.5 Å². The fourth-order valence-electron chi connectivity index (χ4n) is 3.33. The predicted molar refractivity (Wildman–Crippen MR) is 102 cm³/mol. The van der Waals surface area contributed by atoms with Gasteiger partial charge >= 0.3 is 6.03 Å². The van der Waals surface area contributed by atoms with Gasteiger partial charge < -0.3 is 10.2 Å². The van der Waals surface area contributed by atoms with Crippen molar-refractivity contribution in [1.82, 2.24) is 20.0 Å². The van der Waals surface area contributed by atoms with Crippen LogP contribution < -0.4 is 15.6 Å². The number of nitrogens with zero attached hydrogens (tertiary/aromatic N) is 4. The summed E-state index contributed by atoms with van der Waals surface area (Å²) in [6.45, 7) is 2.48. The van der Waals surface area contributed by atoms with E-state index < -0.39 is 0 Å². The van der Waals surface area contributed by atoms with Crippen LogP contribution in [0.5, 0.6) is 0 Å². The largest absolute Gasteiger partial charge is 0.356 e. The first-order chi connectivity index (χ1) is 12.8. The number of nitrogens with one attached hydrogen (secondary N) is 2. The number of amides is 2. The lowest BCUT2D eigenvalue weighted by Crippen LogP contribution is -2.35. The maximum atomic E-state index is 12.3. The molecule has 0 unspecified atom stereocenters. The molecule has 2 amide bonds. The molecule has 2 aromatic heterocycles. The third-order valence-corrected chi connectivity index (χ3v) is 4.64. The van der Waals surface area contributed by atoms with Gasteiger partial charge in [0.05, 0.1) is 11.0 Å². The van der Waals surface area contributed by atoms with Crippen molar-refractivity contribution in [2.24, 2.45) is 0 Å². The van der Waals surface area contributed by atoms with Crippen molar-refractivity contribution in [1.29, 1.82) is 0 Å². The number of imidazole rings is 1. The van der Waals surface area contributed by atoms with Crippen molar-refractivity contribution in [3.05, 3.63) is 54.5 Å². The molecule has 1 aliphatic heterocycles. The van der Waals surface area contributed by atoms with E-state index in [0.29, 0.717) is 6.54 Å². The maximum Gasteiger partial charge on any atom is 0.334 e. The summed E-state index contributed by atoms with van der Waals surface area (Å²) in [5.41, 5.74) is 5.53. The molecule has 0 bridgehead atoms. The molecule has 7 nitrogen and oxygen atoms in total. The van der Waals surface area contributed by atoms with Crippen molar-refractivity contribution in [2.75, 3.05) is 23.4 Å². The minimum absolute atomic E-state index is 0.276. The minimum atomic E-state index is -0.276. The first-order valence-corrected chi connectivity index (χ1v) is 8.97. The van der Waals surface area contributed by atoms with Crippen molar-refractivity contribution in [2.45, 2.75) is 25.8 Å². The molecule has 3 aromatic rings. The van der Waals surface area contributed by atoms with Crippen LogP contribution in [0.4, 0.5) is 10.6 Å². The van der Waals surface area contributed by atoms with E-state index in [1.807, 2.05) is 42.6 Å². The topological polar surface area (TPSA) is 75.1 Å². The lowest BCUT2D eigenvalue weighted by atomic mass is 10.1. The van der Waals surface area contributed by atoms with Gasteiger partial charge in [-0.1, -0.05) is 18.2 Å². The molecule has 26 heavy (non-hydrogen) atoms. The summed E-state index contributed by atoms with van der Waals surface area (Å²) in [5.74, 6) is 0.973. The second-order valence-corrected chi connectivity index (χ2v) is 6.43. The third-order valence-electron chi connectivity index (χ3n) is 4.64. The maximum absolute atomic E-state index is 12.3. The smallest absolute Gasteiger partial charge is 0.334 e. The number of piperidine rings is 1. The van der Waals surface area contributed by atoms with E-state index in [-0.39, 0.29) is 6.03 Å². The molecule has 1 saturated heterocycles. The molecule has 1 aliphatic rings. The number of rotatable bonds is 4. The number of urea groups is 1. The third kappa shape index (κ3) is 3.46. The van der Waals surface area contributed by atoms with Crippen LogP contribution in [-0.4, -0.2) is 33.8 Å². The molecule has 134 valence electrons. The highest BCUT2D eigenvalue weighted by Crippen LogP contribution is 2.21. The molecule has 2 N–H and O–H groups in total. The summed E-state index contributed by atoms with van der Waals surface area (Å²) in [5, 5.41) is 2.92. The number of carbonyl (C=O) groups excluding carboxylic acids is 1. The molecule has 7 heteroatoms. The molecule has 0 aliphatic carbocycles. The summed E-state index contributed by atoms with van der Waals surface area (Å²) in [4.78, 5) is 23.4. The van der Waals surface area contributed by atoms with Gasteiger partial charge in [0.1, 0.15) is 12.1 Å². The average Bonchev–Trinajstić information content (AvgIpc) is 3.10. The Morgan fingerprint density at radius 1 is 1.04 bits per heavy atom. The van der Waals surface area contributed by atoms with Crippen LogP contribution in [-0.2, 0) is 6.54 Å². The fourth-order valence-corrected chi connectivity index (χ4v) is 3.33. The second-order valence-electron chi connectivity index (χ2n) is 6.43. The summed E-state index contributed by atoms with van der Waals surface area (Å²) in [6.07, 6.45) is 7.08. The molecular weight excluding hydrogens is 328 g/mol. The molecular formula is C19H22N6O. The molecule has 4 rings (SSSR count). The van der Waals surface area contributed by atoms with Crippen molar-refractivity contribution >= 4 is 22.9 Å². The number of para-hydroxylation sites is 2. The van der Waals surface area contributed by atoms with Crippen LogP contribution in [0.25, 0.3) is 11.0 Å². The van der Waals surface area contributed by atoms with Gasteiger partial charge in [-0.2, -0.15) is 0 Å². The number of pyridine rings is 1. The van der Waals surface area contributed by atoms with Crippen LogP contribution in [0.2, 0.25) is 0 Å². The van der Waals surface area contributed by atoms with Gasteiger partial charge in [0.15, 0.2) is 0 Å². The summed E-state index contributed by atoms with van der Waals surface area (Å²) >= 11 is 0. The highest BCUT2D eigenvalue weighted by Gasteiger charge is 2.16. The zero-order valence-corrected chi connectivity index (χ0v) is 14.6. The van der Waals surface area contributed by atoms with Gasteiger partial charge in [0.25, 0.3) is 0 Å². The second kappa shape index (κ2) is 7.43. The van der Waals surface area contributed by atoms with Crippen LogP contribution in [0.3, 0.4) is 0 Å². The number of fused-ring (bicyclic) bond motifs is 1. The summed E-state index contributed by atoms with van der Waals surface area (Å²) in [6, 6.07) is 11.3. The van der Waals surface area contributed by atoms with E-state index in [1.165, 1.54) is 19.3 Å². The molecule has 3 heterocycles. The van der Waals surface area contributed by atoms with Crippen molar-refractivity contribution in [3.8, 4) is 0 Å². The zero-order chi connectivity index (χ0) is 17.8. The number of hydrogen-bond acceptors (Lipinski definition) is 4. The first-order valence-electron chi connectivity index (χ1n) is 8.97. The van der Waals surface area contributed by atoms with Crippen LogP contribution in [0.15, 0.2) is 48.9 Å². The number of hydrogen-bond donors (Lipinski definition) is 2. The highest BCUT2D eigenvalue weighted by molar-refractivity contribution is 5.85. The Balaban J connectivity index is 1.42. The van der Waals surface area contributed by atoms with Crippen LogP contribution in [0, 0.1) is 0 Å². The molecule has 0 atom stereocenters. The Bertz CT molecular complexity index is 900. The van der Waals surface area contributed by atoms with E-state index in [9.17, 15) is 4.79 Å². The summed E-state index contributed by atoms with van der Waals surface area (Å²) < 4.78 is 1.62. The van der Waals surface area contributed by atoms with E-state index in [1.54, 1.807) is 11.0 Å². The first kappa shape index (κ1) is 16.4. The molecule has 1 aromatic carbocycles. The van der Waals surface area contributed by atoms with Crippen LogP contribution in [0.1, 0.15) is 24.8 Å². The summed E-state index contributed by atoms with van der Waals surface area (Å²) in [7, 11) is 0. The molecule has 0 spiro atoms. The number of aromatic nitrogens is 3. The van der Waals surface area contributed by atoms with E-state index >= 15 is 0 Å². The SMILES string of the molecule is O=C(NCc1cccnc1N1CCCCC1)Nn1cnc2ccccc21. The zero-order valence-electron chi connectivity index (χ0n) is 14.6. The van der Waals surface area contributed by atoms with Gasteiger partial charge in [-0.15, -0.1) is 0 Å². The average molecular weight is 350 g/mol. The quantitative estimate of drug-likeness (QED) is 0.759. The molecule has 0 radical (unpaired) electrons. The van der Waals surface area contributed by atoms with Gasteiger partial charge in [-0.3, -0.25) is 0 Å². The Hall–Kier alpha value is -3.09. The highest BCUT2D eigenvalue weighted by atomic mass is 16.2. The lowest BCUT2D eigenvalue weighted by Gasteiger charge is -2.29. The van der Waals surface area contributed by atoms with Gasteiger partial charge in [0.2, 0.25) is 0 Å². The standard InChI is InChI=1S/C19H22N6O/c26-19(23-25-14-22-16-8-2-3-9-17(16)25)21-13-15-7-6-10-20-18(15)24-11-4-1-5-12-24/h2-3,6-10,14H,1,4-5,11-13H2,(H2,21,23,26). The minimum Gasteiger partial charge on any atom is -0.356 e. The molecule has 1 fully saturated rings.